The minimum atomic E-state index is 0.177. The average molecular weight is 386 g/mol. The van der Waals surface area contributed by atoms with Gasteiger partial charge >= 0.3 is 6.01 Å². The second kappa shape index (κ2) is 6.70. The number of nitrogens with zero attached hydrogens (tertiary/aromatic N) is 4. The van der Waals surface area contributed by atoms with E-state index in [2.05, 4.69) is 14.5 Å². The Morgan fingerprint density at radius 1 is 0.931 bits per heavy atom. The minimum Gasteiger partial charge on any atom is -0.480 e. The maximum Gasteiger partial charge on any atom is 0.319 e. The Labute approximate surface area is 167 Å². The summed E-state index contributed by atoms with van der Waals surface area (Å²) < 4.78 is 12.6. The van der Waals surface area contributed by atoms with Gasteiger partial charge in [0.2, 0.25) is 5.88 Å². The molecule has 144 valence electrons. The molecule has 0 saturated heterocycles. The summed E-state index contributed by atoms with van der Waals surface area (Å²) in [6, 6.07) is 14.0. The molecule has 0 spiro atoms. The van der Waals surface area contributed by atoms with Crippen LogP contribution < -0.4 is 9.47 Å². The van der Waals surface area contributed by atoms with E-state index >= 15 is 0 Å². The largest absolute Gasteiger partial charge is 0.480 e. The lowest BCUT2D eigenvalue weighted by molar-refractivity contribution is 0.0973. The number of ketones is 1. The molecule has 0 saturated carbocycles. The van der Waals surface area contributed by atoms with Crippen LogP contribution in [0.2, 0.25) is 0 Å². The van der Waals surface area contributed by atoms with E-state index in [-0.39, 0.29) is 11.8 Å². The van der Waals surface area contributed by atoms with Gasteiger partial charge in [0.05, 0.1) is 30.8 Å². The molecule has 5 rings (SSSR count). The number of ether oxygens (including phenoxy) is 2. The van der Waals surface area contributed by atoms with Crippen molar-refractivity contribution in [1.82, 2.24) is 19.5 Å². The molecule has 0 bridgehead atoms. The SMILES string of the molecule is COc1ncc(-c2ccc(-c3nc4cccc5c4n3CCC5=O)cc2)c(OC)n1. The predicted molar refractivity (Wildman–Crippen MR) is 108 cm³/mol. The zero-order valence-electron chi connectivity index (χ0n) is 16.0. The van der Waals surface area contributed by atoms with Crippen LogP contribution in [0.3, 0.4) is 0 Å². The number of imidazole rings is 1. The average Bonchev–Trinajstić information content (AvgIpc) is 3.16. The molecule has 7 heteroatoms. The molecule has 0 fully saturated rings. The summed E-state index contributed by atoms with van der Waals surface area (Å²) in [5.74, 6) is 1.50. The zero-order chi connectivity index (χ0) is 20.0. The van der Waals surface area contributed by atoms with E-state index in [9.17, 15) is 4.79 Å². The Hall–Kier alpha value is -3.74. The molecule has 2 aromatic carbocycles. The first kappa shape index (κ1) is 17.4. The summed E-state index contributed by atoms with van der Waals surface area (Å²) in [7, 11) is 3.09. The van der Waals surface area contributed by atoms with Gasteiger partial charge in [0.15, 0.2) is 5.78 Å². The Morgan fingerprint density at radius 3 is 2.48 bits per heavy atom. The van der Waals surface area contributed by atoms with Crippen molar-refractivity contribution in [2.45, 2.75) is 13.0 Å². The van der Waals surface area contributed by atoms with Crippen LogP contribution in [0, 0.1) is 0 Å². The molecule has 1 aliphatic rings. The topological polar surface area (TPSA) is 79.1 Å². The lowest BCUT2D eigenvalue weighted by Crippen LogP contribution is -2.14. The van der Waals surface area contributed by atoms with Crippen molar-refractivity contribution in [3.63, 3.8) is 0 Å². The van der Waals surface area contributed by atoms with Gasteiger partial charge in [-0.3, -0.25) is 4.79 Å². The predicted octanol–water partition coefficient (Wildman–Crippen LogP) is 3.76. The Balaban J connectivity index is 1.58. The highest BCUT2D eigenvalue weighted by Crippen LogP contribution is 2.33. The lowest BCUT2D eigenvalue weighted by Gasteiger charge is -2.16. The van der Waals surface area contributed by atoms with E-state index in [4.69, 9.17) is 14.5 Å². The van der Waals surface area contributed by atoms with Crippen molar-refractivity contribution in [3.8, 4) is 34.4 Å². The van der Waals surface area contributed by atoms with Gasteiger partial charge in [0.25, 0.3) is 0 Å². The third-order valence-electron chi connectivity index (χ3n) is 5.19. The Kier molecular flexibility index (Phi) is 4.01. The number of aromatic nitrogens is 4. The normalized spacial score (nSPS) is 13.0. The summed E-state index contributed by atoms with van der Waals surface area (Å²) in [6.07, 6.45) is 2.18. The third kappa shape index (κ3) is 2.74. The first-order valence-electron chi connectivity index (χ1n) is 9.28. The maximum atomic E-state index is 12.3. The van der Waals surface area contributed by atoms with Gasteiger partial charge in [-0.2, -0.15) is 4.98 Å². The van der Waals surface area contributed by atoms with Gasteiger partial charge < -0.3 is 14.0 Å². The summed E-state index contributed by atoms with van der Waals surface area (Å²) in [6.45, 7) is 0.642. The number of carbonyl (C=O) groups excluding carboxylic acids is 1. The summed E-state index contributed by atoms with van der Waals surface area (Å²) >= 11 is 0. The molecule has 29 heavy (non-hydrogen) atoms. The first-order chi connectivity index (χ1) is 14.2. The van der Waals surface area contributed by atoms with Gasteiger partial charge in [-0.05, 0) is 17.7 Å². The number of hydrogen-bond acceptors (Lipinski definition) is 6. The number of Topliss-reactive ketones (excluding diaryl/α,β-unsaturated/α-hetero) is 1. The van der Waals surface area contributed by atoms with Crippen molar-refractivity contribution in [1.29, 1.82) is 0 Å². The number of carbonyl (C=O) groups is 1. The first-order valence-corrected chi connectivity index (χ1v) is 9.28. The van der Waals surface area contributed by atoms with Gasteiger partial charge in [-0.1, -0.05) is 30.3 Å². The van der Waals surface area contributed by atoms with Crippen LogP contribution in [-0.2, 0) is 6.54 Å². The number of para-hydroxylation sites is 1. The van der Waals surface area contributed by atoms with Crippen LogP contribution in [-0.4, -0.2) is 39.5 Å². The third-order valence-corrected chi connectivity index (χ3v) is 5.19. The minimum absolute atomic E-state index is 0.177. The number of rotatable bonds is 4. The van der Waals surface area contributed by atoms with E-state index in [1.807, 2.05) is 42.5 Å². The highest BCUT2D eigenvalue weighted by atomic mass is 16.5. The molecule has 3 heterocycles. The summed E-state index contributed by atoms with van der Waals surface area (Å²) in [4.78, 5) is 25.5. The quantitative estimate of drug-likeness (QED) is 0.531. The van der Waals surface area contributed by atoms with Crippen molar-refractivity contribution in [2.75, 3.05) is 14.2 Å². The molecule has 4 aromatic rings. The van der Waals surface area contributed by atoms with E-state index in [1.165, 1.54) is 7.11 Å². The van der Waals surface area contributed by atoms with Crippen LogP contribution in [0.5, 0.6) is 11.9 Å². The molecular weight excluding hydrogens is 368 g/mol. The molecule has 2 aromatic heterocycles. The molecule has 0 atom stereocenters. The van der Waals surface area contributed by atoms with Gasteiger partial charge in [0.1, 0.15) is 5.82 Å². The summed E-state index contributed by atoms with van der Waals surface area (Å²) in [5.41, 5.74) is 5.22. The standard InChI is InChI=1S/C22H18N4O3/c1-28-21-16(12-23-22(25-21)29-2)13-6-8-14(9-7-13)20-24-17-5-3-4-15-18(27)10-11-26(20)19(15)17/h3-9,12H,10-11H2,1-2H3. The van der Waals surface area contributed by atoms with Crippen LogP contribution in [0.4, 0.5) is 0 Å². The van der Waals surface area contributed by atoms with Gasteiger partial charge in [0, 0.05) is 30.3 Å². The van der Waals surface area contributed by atoms with Crippen LogP contribution in [0.25, 0.3) is 33.5 Å². The molecule has 1 aliphatic heterocycles. The zero-order valence-corrected chi connectivity index (χ0v) is 16.0. The second-order valence-electron chi connectivity index (χ2n) is 6.79. The lowest BCUT2D eigenvalue weighted by atomic mass is 10.0. The number of hydrogen-bond donors (Lipinski definition) is 0. The summed E-state index contributed by atoms with van der Waals surface area (Å²) in [5, 5.41) is 0. The van der Waals surface area contributed by atoms with Crippen molar-refractivity contribution in [2.24, 2.45) is 0 Å². The fourth-order valence-electron chi connectivity index (χ4n) is 3.80. The Morgan fingerprint density at radius 2 is 1.72 bits per heavy atom. The smallest absolute Gasteiger partial charge is 0.319 e. The maximum absolute atomic E-state index is 12.3. The Bertz CT molecular complexity index is 1250. The van der Waals surface area contributed by atoms with Gasteiger partial charge in [-0.15, -0.1) is 0 Å². The van der Waals surface area contributed by atoms with Crippen LogP contribution in [0.1, 0.15) is 16.8 Å². The van der Waals surface area contributed by atoms with E-state index in [1.54, 1.807) is 13.3 Å². The second-order valence-corrected chi connectivity index (χ2v) is 6.79. The van der Waals surface area contributed by atoms with E-state index in [0.717, 1.165) is 39.1 Å². The van der Waals surface area contributed by atoms with Crippen LogP contribution >= 0.6 is 0 Å². The van der Waals surface area contributed by atoms with E-state index in [0.29, 0.717) is 18.8 Å². The fraction of sp³-hybridized carbons (Fsp3) is 0.182. The molecule has 7 nitrogen and oxygen atoms in total. The molecule has 0 unspecified atom stereocenters. The number of benzene rings is 2. The van der Waals surface area contributed by atoms with Gasteiger partial charge in [-0.25, -0.2) is 9.97 Å². The molecule has 0 aliphatic carbocycles. The number of aryl methyl sites for hydroxylation is 1. The molecule has 0 radical (unpaired) electrons. The molecular formula is C22H18N4O3. The van der Waals surface area contributed by atoms with E-state index < -0.39 is 0 Å². The highest BCUT2D eigenvalue weighted by Gasteiger charge is 2.23. The highest BCUT2D eigenvalue weighted by molar-refractivity contribution is 6.08. The van der Waals surface area contributed by atoms with Crippen molar-refractivity contribution in [3.05, 3.63) is 54.2 Å². The molecule has 0 N–H and O–H groups in total. The van der Waals surface area contributed by atoms with Crippen molar-refractivity contribution < 1.29 is 14.3 Å². The van der Waals surface area contributed by atoms with Crippen molar-refractivity contribution >= 4 is 16.8 Å². The monoisotopic (exact) mass is 386 g/mol. The number of methoxy groups -OCH3 is 2. The molecule has 0 amide bonds. The van der Waals surface area contributed by atoms with Crippen LogP contribution in [0.15, 0.2) is 48.7 Å². The fourth-order valence-corrected chi connectivity index (χ4v) is 3.80.